The highest BCUT2D eigenvalue weighted by molar-refractivity contribution is 6.03. The van der Waals surface area contributed by atoms with Gasteiger partial charge in [-0.2, -0.15) is 0 Å². The number of imide groups is 1. The van der Waals surface area contributed by atoms with Gasteiger partial charge in [0.25, 0.3) is 11.8 Å². The highest BCUT2D eigenvalue weighted by Gasteiger charge is 2.32. The fraction of sp³-hybridized carbons (Fsp3) is 0.308. The van der Waals surface area contributed by atoms with Gasteiger partial charge in [0, 0.05) is 24.8 Å². The first-order valence-corrected chi connectivity index (χ1v) is 6.16. The molecule has 0 bridgehead atoms. The van der Waals surface area contributed by atoms with E-state index in [1.807, 2.05) is 0 Å². The Morgan fingerprint density at radius 2 is 2.10 bits per heavy atom. The average Bonchev–Trinajstić information content (AvgIpc) is 2.39. The van der Waals surface area contributed by atoms with Gasteiger partial charge in [-0.3, -0.25) is 19.3 Å². The van der Waals surface area contributed by atoms with Gasteiger partial charge in [0.05, 0.1) is 5.56 Å². The van der Waals surface area contributed by atoms with E-state index >= 15 is 0 Å². The summed E-state index contributed by atoms with van der Waals surface area (Å²) in [6.07, 6.45) is 0.642. The van der Waals surface area contributed by atoms with E-state index in [1.165, 1.54) is 13.1 Å². The van der Waals surface area contributed by atoms with Crippen molar-refractivity contribution in [3.63, 3.8) is 0 Å². The molecule has 1 unspecified atom stereocenters. The zero-order valence-electron chi connectivity index (χ0n) is 11.1. The van der Waals surface area contributed by atoms with Crippen LogP contribution in [0.5, 0.6) is 0 Å². The summed E-state index contributed by atoms with van der Waals surface area (Å²) in [5.74, 6) is -1.16. The number of nitrogen functional groups attached to an aromatic ring is 1. The number of benzene rings is 1. The normalized spacial score (nSPS) is 19.1. The molecule has 106 valence electrons. The van der Waals surface area contributed by atoms with E-state index in [0.717, 1.165) is 4.90 Å². The summed E-state index contributed by atoms with van der Waals surface area (Å²) in [4.78, 5) is 35.9. The minimum atomic E-state index is -0.611. The van der Waals surface area contributed by atoms with Crippen LogP contribution in [0.25, 0.3) is 0 Å². The quantitative estimate of drug-likeness (QED) is 0.527. The molecule has 1 atom stereocenters. The Morgan fingerprint density at radius 1 is 1.40 bits per heavy atom. The van der Waals surface area contributed by atoms with Gasteiger partial charge in [0.15, 0.2) is 0 Å². The van der Waals surface area contributed by atoms with Crippen LogP contribution in [-0.4, -0.2) is 35.7 Å². The van der Waals surface area contributed by atoms with Gasteiger partial charge in [-0.1, -0.05) is 0 Å². The van der Waals surface area contributed by atoms with Crippen molar-refractivity contribution >= 4 is 29.1 Å². The second kappa shape index (κ2) is 5.20. The number of rotatable bonds is 3. The van der Waals surface area contributed by atoms with Crippen LogP contribution < -0.4 is 16.8 Å². The second-order valence-electron chi connectivity index (χ2n) is 4.70. The van der Waals surface area contributed by atoms with Crippen LogP contribution in [0.15, 0.2) is 18.2 Å². The van der Waals surface area contributed by atoms with Crippen molar-refractivity contribution < 1.29 is 14.4 Å². The number of nitrogens with zero attached hydrogens (tertiary/aromatic N) is 1. The summed E-state index contributed by atoms with van der Waals surface area (Å²) in [5.41, 5.74) is 12.1. The number of hydrogen-bond donors (Lipinski definition) is 3. The van der Waals surface area contributed by atoms with Crippen molar-refractivity contribution in [1.82, 2.24) is 4.90 Å². The predicted molar refractivity (Wildman–Crippen MR) is 73.8 cm³/mol. The molecule has 0 aliphatic carbocycles. The molecule has 0 radical (unpaired) electrons. The molecule has 1 aromatic rings. The number of nitrogens with one attached hydrogen (secondary N) is 1. The molecular weight excluding hydrogens is 260 g/mol. The largest absolute Gasteiger partial charge is 0.399 e. The van der Waals surface area contributed by atoms with E-state index in [1.54, 1.807) is 12.1 Å². The van der Waals surface area contributed by atoms with Crippen molar-refractivity contribution in [2.75, 3.05) is 18.1 Å². The summed E-state index contributed by atoms with van der Waals surface area (Å²) >= 11 is 0. The number of amides is 3. The minimum absolute atomic E-state index is 0.212. The Hall–Kier alpha value is -2.57. The molecule has 1 fully saturated rings. The Balaban J connectivity index is 2.26. The maximum atomic E-state index is 12.0. The number of piperidine rings is 1. The molecule has 1 aromatic carbocycles. The van der Waals surface area contributed by atoms with Crippen molar-refractivity contribution in [2.24, 2.45) is 5.73 Å². The number of anilines is 2. The average molecular weight is 276 g/mol. The summed E-state index contributed by atoms with van der Waals surface area (Å²) in [7, 11) is 1.44. The standard InChI is InChI=1S/C13H16N4O3/c1-17-11(18)5-4-9(13(17)20)16-10-6-7(14)2-3-8(10)12(15)19/h2-3,6,9,16H,4-5,14H2,1H3,(H2,15,19). The van der Waals surface area contributed by atoms with Crippen LogP contribution >= 0.6 is 0 Å². The van der Waals surface area contributed by atoms with E-state index in [-0.39, 0.29) is 23.8 Å². The lowest BCUT2D eigenvalue weighted by atomic mass is 10.0. The van der Waals surface area contributed by atoms with E-state index in [4.69, 9.17) is 11.5 Å². The molecule has 0 aromatic heterocycles. The lowest BCUT2D eigenvalue weighted by Crippen LogP contribution is -2.48. The van der Waals surface area contributed by atoms with Crippen LogP contribution in [0.4, 0.5) is 11.4 Å². The summed E-state index contributed by atoms with van der Waals surface area (Å²) in [5, 5.41) is 2.95. The molecule has 1 saturated heterocycles. The molecule has 7 nitrogen and oxygen atoms in total. The first kappa shape index (κ1) is 13.9. The van der Waals surface area contributed by atoms with Gasteiger partial charge in [-0.15, -0.1) is 0 Å². The second-order valence-corrected chi connectivity index (χ2v) is 4.70. The number of carbonyl (C=O) groups is 3. The third-order valence-corrected chi connectivity index (χ3v) is 3.29. The SMILES string of the molecule is CN1C(=O)CCC(Nc2cc(N)ccc2C(N)=O)C1=O. The molecule has 5 N–H and O–H groups in total. The van der Waals surface area contributed by atoms with Gasteiger partial charge >= 0.3 is 0 Å². The molecule has 0 saturated carbocycles. The monoisotopic (exact) mass is 276 g/mol. The highest BCUT2D eigenvalue weighted by Crippen LogP contribution is 2.23. The Bertz CT molecular complexity index is 585. The van der Waals surface area contributed by atoms with Crippen LogP contribution in [-0.2, 0) is 9.59 Å². The number of primary amides is 1. The number of hydrogen-bond acceptors (Lipinski definition) is 5. The fourth-order valence-corrected chi connectivity index (χ4v) is 2.13. The van der Waals surface area contributed by atoms with E-state index in [9.17, 15) is 14.4 Å². The van der Waals surface area contributed by atoms with Crippen molar-refractivity contribution in [3.8, 4) is 0 Å². The molecule has 1 aliphatic rings. The molecule has 2 rings (SSSR count). The molecular formula is C13H16N4O3. The number of carbonyl (C=O) groups excluding carboxylic acids is 3. The van der Waals surface area contributed by atoms with Crippen LogP contribution in [0.3, 0.4) is 0 Å². The van der Waals surface area contributed by atoms with E-state index < -0.39 is 11.9 Å². The molecule has 3 amide bonds. The third kappa shape index (κ3) is 2.56. The minimum Gasteiger partial charge on any atom is -0.399 e. The lowest BCUT2D eigenvalue weighted by molar-refractivity contribution is -0.146. The smallest absolute Gasteiger partial charge is 0.251 e. The predicted octanol–water partition coefficient (Wildman–Crippen LogP) is -0.0730. The van der Waals surface area contributed by atoms with Gasteiger partial charge in [0.2, 0.25) is 5.91 Å². The van der Waals surface area contributed by atoms with Gasteiger partial charge in [-0.05, 0) is 24.6 Å². The van der Waals surface area contributed by atoms with E-state index in [0.29, 0.717) is 17.8 Å². The molecule has 1 heterocycles. The lowest BCUT2D eigenvalue weighted by Gasteiger charge is -2.29. The van der Waals surface area contributed by atoms with Crippen molar-refractivity contribution in [2.45, 2.75) is 18.9 Å². The van der Waals surface area contributed by atoms with Crippen LogP contribution in [0.2, 0.25) is 0 Å². The first-order chi connectivity index (χ1) is 9.40. The molecule has 1 aliphatic heterocycles. The van der Waals surface area contributed by atoms with Crippen molar-refractivity contribution in [3.05, 3.63) is 23.8 Å². The molecule has 20 heavy (non-hydrogen) atoms. The third-order valence-electron chi connectivity index (χ3n) is 3.29. The maximum Gasteiger partial charge on any atom is 0.251 e. The zero-order chi connectivity index (χ0) is 14.9. The number of nitrogens with two attached hydrogens (primary N) is 2. The van der Waals surface area contributed by atoms with Gasteiger partial charge in [-0.25, -0.2) is 0 Å². The van der Waals surface area contributed by atoms with Crippen molar-refractivity contribution in [1.29, 1.82) is 0 Å². The Labute approximate surface area is 115 Å². The topological polar surface area (TPSA) is 119 Å². The van der Waals surface area contributed by atoms with Gasteiger partial charge < -0.3 is 16.8 Å². The maximum absolute atomic E-state index is 12.0. The zero-order valence-corrected chi connectivity index (χ0v) is 11.1. The van der Waals surface area contributed by atoms with Gasteiger partial charge in [0.1, 0.15) is 6.04 Å². The summed E-state index contributed by atoms with van der Waals surface area (Å²) in [6, 6.07) is 4.04. The van der Waals surface area contributed by atoms with E-state index in [2.05, 4.69) is 5.32 Å². The summed E-state index contributed by atoms with van der Waals surface area (Å²) in [6.45, 7) is 0. The Morgan fingerprint density at radius 3 is 2.75 bits per heavy atom. The number of likely N-dealkylation sites (tertiary alicyclic amines) is 1. The number of likely N-dealkylation sites (N-methyl/N-ethyl adjacent to an activating group) is 1. The molecule has 0 spiro atoms. The Kier molecular flexibility index (Phi) is 3.60. The molecule has 7 heteroatoms. The fourth-order valence-electron chi connectivity index (χ4n) is 2.13. The summed E-state index contributed by atoms with van der Waals surface area (Å²) < 4.78 is 0. The van der Waals surface area contributed by atoms with Crippen LogP contribution in [0, 0.1) is 0 Å². The highest BCUT2D eigenvalue weighted by atomic mass is 16.2. The first-order valence-electron chi connectivity index (χ1n) is 6.16. The van der Waals surface area contributed by atoms with Crippen LogP contribution in [0.1, 0.15) is 23.2 Å².